The maximum Gasteiger partial charge on any atom is 0.319 e. The number of aliphatic hydroxyl groups excluding tert-OH is 1. The number of carbonyl (C=O) groups excluding carboxylic acids is 3. The van der Waals surface area contributed by atoms with Gasteiger partial charge in [-0.05, 0) is 93.2 Å². The Morgan fingerprint density at radius 2 is 1.67 bits per heavy atom. The second-order valence-corrected chi connectivity index (χ2v) is 23.9. The SMILES string of the molecule is Cc1ncsc1-c1ccc(CNC(=O)[C@H]2C[C@H](O)CN2C(=O)[C@H](NC(=O)C2CCN([C@H]3C[C@@H](COc4nc(N5CC6CCC(C5)N6)c5cnc(-c6cccc7cccc(Cl)c67)cc5n4)N(C)C3)CC2)C(C)(C)C)cc1. The number of anilines is 1. The summed E-state index contributed by atoms with van der Waals surface area (Å²) < 4.78 is 6.59. The Morgan fingerprint density at radius 1 is 0.920 bits per heavy atom. The van der Waals surface area contributed by atoms with E-state index < -0.39 is 23.6 Å². The zero-order chi connectivity index (χ0) is 52.1. The van der Waals surface area contributed by atoms with Gasteiger partial charge < -0.3 is 35.6 Å². The summed E-state index contributed by atoms with van der Waals surface area (Å²) in [5.74, 6) is -0.243. The van der Waals surface area contributed by atoms with Crippen LogP contribution in [0.3, 0.4) is 0 Å². The minimum absolute atomic E-state index is 0.0251. The number of likely N-dealkylation sites (N-methyl/N-ethyl adjacent to an activating group) is 1. The topological polar surface area (TPSA) is 181 Å². The first-order chi connectivity index (χ1) is 36.1. The van der Waals surface area contributed by atoms with E-state index in [9.17, 15) is 19.5 Å². The Labute approximate surface area is 447 Å². The molecule has 0 radical (unpaired) electrons. The van der Waals surface area contributed by atoms with Crippen LogP contribution in [0.25, 0.3) is 43.4 Å². The number of rotatable bonds is 13. The van der Waals surface area contributed by atoms with E-state index in [1.807, 2.05) is 87.9 Å². The average Bonchev–Trinajstić information content (AvgIpc) is 4.21. The summed E-state index contributed by atoms with van der Waals surface area (Å²) in [6.45, 7) is 12.6. The number of aliphatic hydroxyl groups is 1. The Bertz CT molecular complexity index is 3070. The van der Waals surface area contributed by atoms with Gasteiger partial charge in [-0.15, -0.1) is 11.3 Å². The lowest BCUT2D eigenvalue weighted by molar-refractivity contribution is -0.144. The molecule has 0 aliphatic carbocycles. The predicted octanol–water partition coefficient (Wildman–Crippen LogP) is 6.84. The maximum absolute atomic E-state index is 14.4. The highest BCUT2D eigenvalue weighted by atomic mass is 35.5. The van der Waals surface area contributed by atoms with Crippen molar-refractivity contribution in [3.8, 4) is 27.7 Å². The molecule has 2 bridgehead atoms. The molecule has 5 aliphatic heterocycles. The van der Waals surface area contributed by atoms with Gasteiger partial charge in [-0.3, -0.25) is 29.2 Å². The summed E-state index contributed by atoms with van der Waals surface area (Å²) in [5.41, 5.74) is 6.65. The Balaban J connectivity index is 0.709. The average molecular weight is 1050 g/mol. The van der Waals surface area contributed by atoms with E-state index in [1.54, 1.807) is 11.3 Å². The monoisotopic (exact) mass is 1050 g/mol. The third-order valence-corrected chi connectivity index (χ3v) is 17.7. The molecule has 8 heterocycles. The third-order valence-electron chi connectivity index (χ3n) is 16.4. The molecule has 0 spiro atoms. The number of thiazole rings is 1. The number of amides is 3. The number of fused-ring (bicyclic) bond motifs is 4. The lowest BCUT2D eigenvalue weighted by Crippen LogP contribution is -2.59. The standard InChI is InChI=1S/C57H68ClN11O5S/c1-33-50(75-32-61-33)36-14-12-34(13-15-36)25-60-54(72)48-23-42(70)30-69(48)55(73)51(57(2,3)4)64-53(71)37-18-20-67(21-19-37)40-22-41(66(5)29-40)31-74-56-63-47-24-46(43-10-6-8-35-9-7-11-45(58)49(35)43)59-26-44(47)52(65-56)68-27-38-16-17-39(28-68)62-38/h6-15,24,26,32,37-42,48,51,62,70H,16-23,25,27-31H2,1-5H3,(H,60,72)(H,64,71)/t38?,39?,40-,41-,42-,48+,51-/m0/s1. The molecule has 6 aromatic rings. The van der Waals surface area contributed by atoms with Gasteiger partial charge in [0.25, 0.3) is 0 Å². The number of likely N-dealkylation sites (tertiary alicyclic amines) is 3. The number of piperidine rings is 1. The molecule has 0 saturated carbocycles. The van der Waals surface area contributed by atoms with E-state index in [4.69, 9.17) is 31.3 Å². The molecule has 75 heavy (non-hydrogen) atoms. The lowest BCUT2D eigenvalue weighted by Gasteiger charge is -2.38. The van der Waals surface area contributed by atoms with Crippen molar-refractivity contribution in [1.82, 2.24) is 50.6 Å². The smallest absolute Gasteiger partial charge is 0.319 e. The van der Waals surface area contributed by atoms with Gasteiger partial charge in [-0.25, -0.2) is 4.98 Å². The van der Waals surface area contributed by atoms with Crippen LogP contribution in [0.4, 0.5) is 5.82 Å². The molecule has 16 nitrogen and oxygen atoms in total. The largest absolute Gasteiger partial charge is 0.462 e. The molecule has 3 amide bonds. The fourth-order valence-electron chi connectivity index (χ4n) is 12.2. The number of nitrogens with zero attached hydrogens (tertiary/aromatic N) is 8. The van der Waals surface area contributed by atoms with Crippen LogP contribution in [0.5, 0.6) is 6.01 Å². The van der Waals surface area contributed by atoms with E-state index in [0.717, 1.165) is 112 Å². The number of hydrogen-bond acceptors (Lipinski definition) is 14. The summed E-state index contributed by atoms with van der Waals surface area (Å²) in [6, 6.07) is 22.0. The number of carbonyl (C=O) groups is 3. The number of ether oxygens (including phenoxy) is 1. The molecule has 394 valence electrons. The van der Waals surface area contributed by atoms with Crippen molar-refractivity contribution in [2.75, 3.05) is 57.8 Å². The van der Waals surface area contributed by atoms with E-state index >= 15 is 0 Å². The number of hydrogen-bond donors (Lipinski definition) is 4. The number of halogens is 1. The van der Waals surface area contributed by atoms with Gasteiger partial charge >= 0.3 is 6.01 Å². The fourth-order valence-corrected chi connectivity index (χ4v) is 13.3. The number of aromatic nitrogens is 4. The van der Waals surface area contributed by atoms with Crippen LogP contribution >= 0.6 is 22.9 Å². The lowest BCUT2D eigenvalue weighted by atomic mass is 9.84. The van der Waals surface area contributed by atoms with Gasteiger partial charge in [0, 0.05) is 91.4 Å². The Hall–Kier alpha value is -5.82. The first-order valence-electron chi connectivity index (χ1n) is 26.6. The summed E-state index contributed by atoms with van der Waals surface area (Å²) in [4.78, 5) is 71.5. The first-order valence-corrected chi connectivity index (χ1v) is 27.9. The molecule has 7 atom stereocenters. The molecule has 4 N–H and O–H groups in total. The van der Waals surface area contributed by atoms with Gasteiger partial charge in [0.2, 0.25) is 17.7 Å². The van der Waals surface area contributed by atoms with Crippen molar-refractivity contribution >= 4 is 68.2 Å². The normalized spacial score (nSPS) is 24.0. The quantitative estimate of drug-likeness (QED) is 0.0945. The maximum atomic E-state index is 14.4. The number of pyridine rings is 1. The molecule has 11 rings (SSSR count). The van der Waals surface area contributed by atoms with Gasteiger partial charge in [0.15, 0.2) is 0 Å². The highest BCUT2D eigenvalue weighted by Gasteiger charge is 2.46. The summed E-state index contributed by atoms with van der Waals surface area (Å²) in [6.07, 6.45) is 5.72. The zero-order valence-corrected chi connectivity index (χ0v) is 45.0. The fraction of sp³-hybridized carbons (Fsp3) is 0.491. The van der Waals surface area contributed by atoms with Crippen molar-refractivity contribution in [3.05, 3.63) is 94.7 Å². The van der Waals surface area contributed by atoms with Crippen molar-refractivity contribution in [3.63, 3.8) is 0 Å². The second kappa shape index (κ2) is 21.3. The van der Waals surface area contributed by atoms with Crippen LogP contribution in [0.2, 0.25) is 5.02 Å². The van der Waals surface area contributed by atoms with Crippen LogP contribution in [0.15, 0.2) is 78.4 Å². The minimum atomic E-state index is -0.882. The van der Waals surface area contributed by atoms with E-state index in [2.05, 4.69) is 60.9 Å². The van der Waals surface area contributed by atoms with Gasteiger partial charge in [0.05, 0.1) is 38.8 Å². The Morgan fingerprint density at radius 3 is 2.39 bits per heavy atom. The van der Waals surface area contributed by atoms with Crippen LogP contribution in [0, 0.1) is 18.3 Å². The number of benzene rings is 3. The number of piperazine rings is 1. The van der Waals surface area contributed by atoms with Crippen LogP contribution in [-0.4, -0.2) is 153 Å². The van der Waals surface area contributed by atoms with Gasteiger partial charge in [0.1, 0.15) is 24.5 Å². The van der Waals surface area contributed by atoms with Crippen LogP contribution in [-0.2, 0) is 20.9 Å². The second-order valence-electron chi connectivity index (χ2n) is 22.6. The third kappa shape index (κ3) is 10.8. The summed E-state index contributed by atoms with van der Waals surface area (Å²) >= 11 is 8.37. The molecule has 2 unspecified atom stereocenters. The number of β-amino-alcohol motifs (C(OH)–C–C–N with tert-alkyl or cyclic N) is 1. The number of aryl methyl sites for hydroxylation is 1. The van der Waals surface area contributed by atoms with Crippen molar-refractivity contribution < 1.29 is 24.2 Å². The van der Waals surface area contributed by atoms with Crippen LogP contribution < -0.4 is 25.6 Å². The van der Waals surface area contributed by atoms with E-state index in [0.29, 0.717) is 48.6 Å². The molecule has 3 aromatic heterocycles. The van der Waals surface area contributed by atoms with Crippen molar-refractivity contribution in [1.29, 1.82) is 0 Å². The van der Waals surface area contributed by atoms with Crippen LogP contribution in [0.1, 0.15) is 70.6 Å². The zero-order valence-electron chi connectivity index (χ0n) is 43.5. The van der Waals surface area contributed by atoms with Gasteiger partial charge in [-0.2, -0.15) is 9.97 Å². The molecule has 18 heteroatoms. The molecular formula is C57H68ClN11O5S. The molecular weight excluding hydrogens is 986 g/mol. The predicted molar refractivity (Wildman–Crippen MR) is 294 cm³/mol. The molecule has 5 saturated heterocycles. The summed E-state index contributed by atoms with van der Waals surface area (Å²) in [7, 11) is 2.14. The first kappa shape index (κ1) is 51.3. The van der Waals surface area contributed by atoms with Crippen molar-refractivity contribution in [2.45, 2.75) is 115 Å². The molecule has 5 fully saturated rings. The van der Waals surface area contributed by atoms with E-state index in [1.165, 1.54) is 4.90 Å². The van der Waals surface area contributed by atoms with E-state index in [-0.39, 0.29) is 49.2 Å². The minimum Gasteiger partial charge on any atom is -0.462 e. The molecule has 3 aromatic carbocycles. The number of nitrogens with one attached hydrogen (secondary N) is 3. The highest BCUT2D eigenvalue weighted by Crippen LogP contribution is 2.37. The molecule has 5 aliphatic rings. The summed E-state index contributed by atoms with van der Waals surface area (Å²) in [5, 5.41) is 24.2. The highest BCUT2D eigenvalue weighted by molar-refractivity contribution is 7.13. The van der Waals surface area contributed by atoms with Gasteiger partial charge in [-0.1, -0.05) is 87.0 Å². The Kier molecular flexibility index (Phi) is 14.6. The van der Waals surface area contributed by atoms with Crippen molar-refractivity contribution in [2.24, 2.45) is 11.3 Å².